The molecule has 0 unspecified atom stereocenters. The number of H-pyrrole nitrogens is 1. The Morgan fingerprint density at radius 2 is 1.76 bits per heavy atom. The molecular weight excluding hydrogens is 229 g/mol. The van der Waals surface area contributed by atoms with E-state index >= 15 is 0 Å². The van der Waals surface area contributed by atoms with Crippen LogP contribution in [0.5, 0.6) is 0 Å². The number of hydrogen-bond acceptors (Lipinski definition) is 1. The molecule has 1 aromatic heterocycles. The van der Waals surface area contributed by atoms with E-state index in [0.29, 0.717) is 5.69 Å². The molecule has 0 bridgehead atoms. The van der Waals surface area contributed by atoms with Gasteiger partial charge < -0.3 is 4.98 Å². The Balaban J connectivity index is 2.14. The van der Waals surface area contributed by atoms with Gasteiger partial charge in [-0.1, -0.05) is 0 Å². The average molecular weight is 238 g/mol. The van der Waals surface area contributed by atoms with E-state index in [1.54, 1.807) is 12.4 Å². The molecule has 0 fully saturated rings. The summed E-state index contributed by atoms with van der Waals surface area (Å²) in [6.07, 6.45) is -1.00. The quantitative estimate of drug-likeness (QED) is 0.771. The molecule has 0 saturated carbocycles. The van der Waals surface area contributed by atoms with Crippen LogP contribution < -0.4 is 0 Å². The van der Waals surface area contributed by atoms with Crippen molar-refractivity contribution in [1.82, 2.24) is 4.98 Å². The molecule has 0 aliphatic carbocycles. The van der Waals surface area contributed by atoms with E-state index in [-0.39, 0.29) is 0 Å². The lowest BCUT2D eigenvalue weighted by Crippen LogP contribution is -2.03. The summed E-state index contributed by atoms with van der Waals surface area (Å²) < 4.78 is 36.9. The molecule has 0 aliphatic rings. The van der Waals surface area contributed by atoms with Gasteiger partial charge in [-0.3, -0.25) is 4.99 Å². The first-order chi connectivity index (χ1) is 8.05. The van der Waals surface area contributed by atoms with Crippen molar-refractivity contribution in [2.75, 3.05) is 0 Å². The Hall–Kier alpha value is -2.04. The van der Waals surface area contributed by atoms with Gasteiger partial charge in [-0.25, -0.2) is 0 Å². The summed E-state index contributed by atoms with van der Waals surface area (Å²) in [5, 5.41) is 0. The van der Waals surface area contributed by atoms with E-state index < -0.39 is 11.7 Å². The lowest BCUT2D eigenvalue weighted by Gasteiger charge is -2.05. The number of halogens is 3. The van der Waals surface area contributed by atoms with Crippen molar-refractivity contribution in [3.8, 4) is 0 Å². The van der Waals surface area contributed by atoms with Crippen molar-refractivity contribution >= 4 is 11.9 Å². The molecule has 2 nitrogen and oxygen atoms in total. The van der Waals surface area contributed by atoms with Gasteiger partial charge in [-0.2, -0.15) is 13.2 Å². The summed E-state index contributed by atoms with van der Waals surface area (Å²) in [6, 6.07) is 8.33. The molecule has 88 valence electrons. The molecule has 1 heterocycles. The highest BCUT2D eigenvalue weighted by molar-refractivity contribution is 5.79. The minimum Gasteiger partial charge on any atom is -0.360 e. The van der Waals surface area contributed by atoms with Gasteiger partial charge in [0.2, 0.25) is 0 Å². The zero-order valence-electron chi connectivity index (χ0n) is 8.70. The van der Waals surface area contributed by atoms with Crippen LogP contribution in [0, 0.1) is 0 Å². The number of rotatable bonds is 2. The maximum atomic E-state index is 12.3. The summed E-state index contributed by atoms with van der Waals surface area (Å²) in [5.41, 5.74) is 0.605. The first kappa shape index (κ1) is 11.4. The van der Waals surface area contributed by atoms with Gasteiger partial charge in [0, 0.05) is 6.20 Å². The Morgan fingerprint density at radius 1 is 1.06 bits per heavy atom. The van der Waals surface area contributed by atoms with Gasteiger partial charge >= 0.3 is 6.18 Å². The predicted molar refractivity (Wildman–Crippen MR) is 59.5 cm³/mol. The van der Waals surface area contributed by atoms with E-state index in [1.807, 2.05) is 12.1 Å². The SMILES string of the molecule is FC(F)(F)c1ccc(N=Cc2ccc[nH]2)cc1. The molecule has 17 heavy (non-hydrogen) atoms. The zero-order chi connectivity index (χ0) is 12.3. The second-order valence-corrected chi connectivity index (χ2v) is 3.43. The normalized spacial score (nSPS) is 12.2. The highest BCUT2D eigenvalue weighted by Gasteiger charge is 2.29. The smallest absolute Gasteiger partial charge is 0.360 e. The van der Waals surface area contributed by atoms with Crippen LogP contribution in [0.15, 0.2) is 47.6 Å². The fraction of sp³-hybridized carbons (Fsp3) is 0.0833. The first-order valence-electron chi connectivity index (χ1n) is 4.90. The number of nitrogens with zero attached hydrogens (tertiary/aromatic N) is 1. The second kappa shape index (κ2) is 4.45. The molecule has 2 rings (SSSR count). The number of aliphatic imine (C=N–C) groups is 1. The number of benzene rings is 1. The summed E-state index contributed by atoms with van der Waals surface area (Å²) in [5.74, 6) is 0. The monoisotopic (exact) mass is 238 g/mol. The third-order valence-electron chi connectivity index (χ3n) is 2.17. The standard InChI is InChI=1S/C12H9F3N2/c13-12(14,15)9-3-5-10(6-4-9)17-8-11-2-1-7-16-11/h1-8,16H. The Labute approximate surface area is 95.8 Å². The largest absolute Gasteiger partial charge is 0.416 e. The van der Waals surface area contributed by atoms with Crippen LogP contribution in [-0.2, 0) is 6.18 Å². The molecule has 2 aromatic rings. The minimum atomic E-state index is -4.30. The molecule has 1 aromatic carbocycles. The number of alkyl halides is 3. The molecule has 0 atom stereocenters. The summed E-state index contributed by atoms with van der Waals surface area (Å²) >= 11 is 0. The molecule has 5 heteroatoms. The molecular formula is C12H9F3N2. The van der Waals surface area contributed by atoms with Gasteiger partial charge in [0.25, 0.3) is 0 Å². The highest BCUT2D eigenvalue weighted by Crippen LogP contribution is 2.30. The van der Waals surface area contributed by atoms with Gasteiger partial charge in [-0.15, -0.1) is 0 Å². The highest BCUT2D eigenvalue weighted by atomic mass is 19.4. The summed E-state index contributed by atoms with van der Waals surface area (Å²) in [4.78, 5) is 6.96. The fourth-order valence-electron chi connectivity index (χ4n) is 1.31. The molecule has 0 saturated heterocycles. The van der Waals surface area contributed by atoms with Gasteiger partial charge in [0.05, 0.1) is 23.2 Å². The van der Waals surface area contributed by atoms with E-state index in [0.717, 1.165) is 17.8 Å². The minimum absolute atomic E-state index is 0.479. The molecule has 1 N–H and O–H groups in total. The van der Waals surface area contributed by atoms with Crippen LogP contribution in [0.3, 0.4) is 0 Å². The number of aromatic amines is 1. The lowest BCUT2D eigenvalue weighted by atomic mass is 10.2. The summed E-state index contributed by atoms with van der Waals surface area (Å²) in [6.45, 7) is 0. The van der Waals surface area contributed by atoms with Crippen molar-refractivity contribution in [3.63, 3.8) is 0 Å². The van der Waals surface area contributed by atoms with Gasteiger partial charge in [0.15, 0.2) is 0 Å². The maximum Gasteiger partial charge on any atom is 0.416 e. The number of hydrogen-bond donors (Lipinski definition) is 1. The van der Waals surface area contributed by atoms with E-state index in [9.17, 15) is 13.2 Å². The zero-order valence-corrected chi connectivity index (χ0v) is 8.70. The van der Waals surface area contributed by atoms with Crippen LogP contribution in [0.1, 0.15) is 11.3 Å². The van der Waals surface area contributed by atoms with Crippen LogP contribution in [0.4, 0.5) is 18.9 Å². The maximum absolute atomic E-state index is 12.3. The van der Waals surface area contributed by atoms with E-state index in [2.05, 4.69) is 9.98 Å². The van der Waals surface area contributed by atoms with Crippen LogP contribution in [0.25, 0.3) is 0 Å². The van der Waals surface area contributed by atoms with Crippen molar-refractivity contribution in [2.45, 2.75) is 6.18 Å². The Bertz CT molecular complexity index is 496. The van der Waals surface area contributed by atoms with Crippen molar-refractivity contribution in [2.24, 2.45) is 4.99 Å². The fourth-order valence-corrected chi connectivity index (χ4v) is 1.31. The summed E-state index contributed by atoms with van der Waals surface area (Å²) in [7, 11) is 0. The van der Waals surface area contributed by atoms with E-state index in [1.165, 1.54) is 12.1 Å². The first-order valence-corrected chi connectivity index (χ1v) is 4.90. The average Bonchev–Trinajstić information content (AvgIpc) is 2.78. The van der Waals surface area contributed by atoms with Crippen molar-refractivity contribution in [1.29, 1.82) is 0 Å². The van der Waals surface area contributed by atoms with Crippen LogP contribution in [-0.4, -0.2) is 11.2 Å². The lowest BCUT2D eigenvalue weighted by molar-refractivity contribution is -0.137. The van der Waals surface area contributed by atoms with E-state index in [4.69, 9.17) is 0 Å². The molecule has 0 amide bonds. The number of nitrogens with one attached hydrogen (secondary N) is 1. The second-order valence-electron chi connectivity index (χ2n) is 3.43. The van der Waals surface area contributed by atoms with Gasteiger partial charge in [0.1, 0.15) is 0 Å². The molecule has 0 spiro atoms. The van der Waals surface area contributed by atoms with Crippen molar-refractivity contribution in [3.05, 3.63) is 53.9 Å². The topological polar surface area (TPSA) is 28.1 Å². The van der Waals surface area contributed by atoms with Gasteiger partial charge in [-0.05, 0) is 36.4 Å². The Morgan fingerprint density at radius 3 is 2.29 bits per heavy atom. The van der Waals surface area contributed by atoms with Crippen LogP contribution >= 0.6 is 0 Å². The van der Waals surface area contributed by atoms with Crippen LogP contribution in [0.2, 0.25) is 0 Å². The molecule has 0 aliphatic heterocycles. The number of aromatic nitrogens is 1. The third kappa shape index (κ3) is 2.96. The van der Waals surface area contributed by atoms with Crippen molar-refractivity contribution < 1.29 is 13.2 Å². The predicted octanol–water partition coefficient (Wildman–Crippen LogP) is 3.78. The molecule has 0 radical (unpaired) electrons. The third-order valence-corrected chi connectivity index (χ3v) is 2.17. The Kier molecular flexibility index (Phi) is 2.99.